The zero-order valence-corrected chi connectivity index (χ0v) is 17.4. The molecule has 2 aliphatic rings. The van der Waals surface area contributed by atoms with Crippen LogP contribution in [0.4, 0.5) is 11.4 Å². The number of carbonyl (C=O) groups is 1. The molecular weight excluding hydrogens is 496 g/mol. The lowest BCUT2D eigenvalue weighted by Gasteiger charge is -2.19. The van der Waals surface area contributed by atoms with Gasteiger partial charge in [0.05, 0.1) is 18.0 Å². The molecule has 0 radical (unpaired) electrons. The molecule has 2 aromatic carbocycles. The van der Waals surface area contributed by atoms with Crippen LogP contribution in [0.3, 0.4) is 0 Å². The third kappa shape index (κ3) is 3.60. The van der Waals surface area contributed by atoms with Gasteiger partial charge in [-0.05, 0) is 48.5 Å². The number of aliphatic hydroxyl groups is 1. The van der Waals surface area contributed by atoms with Crippen LogP contribution < -0.4 is 5.43 Å². The number of hydrogen-bond acceptors (Lipinski definition) is 8. The molecule has 28 heavy (non-hydrogen) atoms. The number of carbonyl (C=O) groups excluding carboxylic acids is 1. The summed E-state index contributed by atoms with van der Waals surface area (Å²) in [7, 11) is 0. The highest BCUT2D eigenvalue weighted by atomic mass is 79.9. The monoisotopic (exact) mass is 508 g/mol. The first-order chi connectivity index (χ1) is 13.5. The Kier molecular flexibility index (Phi) is 5.28. The molecule has 2 heterocycles. The molecule has 0 saturated carbocycles. The van der Waals surface area contributed by atoms with Crippen LogP contribution in [0, 0.1) is 0 Å². The molecule has 8 nitrogen and oxygen atoms in total. The van der Waals surface area contributed by atoms with Crippen LogP contribution in [0.5, 0.6) is 0 Å². The Bertz CT molecular complexity index is 949. The number of ether oxygens (including phenoxy) is 2. The summed E-state index contributed by atoms with van der Waals surface area (Å²) in [5.41, 5.74) is 2.31. The molecule has 2 aliphatic heterocycles. The molecule has 2 fully saturated rings. The zero-order valence-electron chi connectivity index (χ0n) is 14.3. The van der Waals surface area contributed by atoms with Crippen molar-refractivity contribution in [2.45, 2.75) is 17.9 Å². The molecule has 4 rings (SSSR count). The maximum Gasteiger partial charge on any atom is 0.360 e. The van der Waals surface area contributed by atoms with Crippen molar-refractivity contribution in [2.24, 2.45) is 15.3 Å². The summed E-state index contributed by atoms with van der Waals surface area (Å²) in [5, 5.41) is 22.7. The highest BCUT2D eigenvalue weighted by molar-refractivity contribution is 9.10. The number of esters is 1. The third-order valence-electron chi connectivity index (χ3n) is 4.26. The van der Waals surface area contributed by atoms with E-state index >= 15 is 0 Å². The number of hydrazone groups is 1. The third-order valence-corrected chi connectivity index (χ3v) is 5.31. The summed E-state index contributed by atoms with van der Waals surface area (Å²) < 4.78 is 12.8. The average Bonchev–Trinajstić information content (AvgIpc) is 3.14. The predicted molar refractivity (Wildman–Crippen MR) is 108 cm³/mol. The number of benzene rings is 2. The molecule has 2 aromatic rings. The molecule has 0 amide bonds. The Labute approximate surface area is 176 Å². The van der Waals surface area contributed by atoms with Crippen LogP contribution in [0.1, 0.15) is 0 Å². The number of nitrogens with zero attached hydrogens (tertiary/aromatic N) is 3. The van der Waals surface area contributed by atoms with Crippen LogP contribution in [0.15, 0.2) is 72.8 Å². The largest absolute Gasteiger partial charge is 0.449 e. The van der Waals surface area contributed by atoms with E-state index in [1.54, 1.807) is 24.3 Å². The van der Waals surface area contributed by atoms with E-state index in [4.69, 9.17) is 9.47 Å². The van der Waals surface area contributed by atoms with Gasteiger partial charge in [-0.25, -0.2) is 4.79 Å². The summed E-state index contributed by atoms with van der Waals surface area (Å²) in [4.78, 5) is 12.4. The summed E-state index contributed by atoms with van der Waals surface area (Å²) >= 11 is 6.71. The Hall–Kier alpha value is -2.14. The smallest absolute Gasteiger partial charge is 0.360 e. The molecular formula is C18H14Br2N4O4. The van der Waals surface area contributed by atoms with Crippen molar-refractivity contribution in [3.63, 3.8) is 0 Å². The second kappa shape index (κ2) is 7.70. The molecule has 0 aliphatic carbocycles. The standard InChI is InChI=1S/C18H14Br2N4O4/c19-10-1-5-12(6-2-10)21-23-15-17(26)28-16-14(25)9-27-18(15,16)24-22-13-7-3-11(20)4-8-13/h1-8,14,16,21,25H,9H2/b23-15+,24-22?. The van der Waals surface area contributed by atoms with Crippen LogP contribution in [-0.2, 0) is 14.3 Å². The van der Waals surface area contributed by atoms with Gasteiger partial charge in [0.2, 0.25) is 5.71 Å². The first kappa shape index (κ1) is 19.2. The van der Waals surface area contributed by atoms with E-state index in [-0.39, 0.29) is 12.3 Å². The number of aliphatic hydroxyl groups excluding tert-OH is 1. The van der Waals surface area contributed by atoms with Crippen LogP contribution in [0.25, 0.3) is 0 Å². The fourth-order valence-electron chi connectivity index (χ4n) is 2.87. The summed E-state index contributed by atoms with van der Waals surface area (Å²) in [6.07, 6.45) is -2.03. The topological polar surface area (TPSA) is 105 Å². The zero-order chi connectivity index (χ0) is 19.7. The summed E-state index contributed by atoms with van der Waals surface area (Å²) in [5.74, 6) is -0.719. The van der Waals surface area contributed by atoms with E-state index < -0.39 is 23.9 Å². The number of anilines is 1. The SMILES string of the molecule is O=C1OC2C(O)COC2(N=Nc2ccc(Br)cc2)/C1=N/Nc1ccc(Br)cc1. The van der Waals surface area contributed by atoms with Crippen molar-refractivity contribution < 1.29 is 19.4 Å². The molecule has 144 valence electrons. The highest BCUT2D eigenvalue weighted by Gasteiger charge is 2.64. The Morgan fingerprint density at radius 3 is 2.39 bits per heavy atom. The van der Waals surface area contributed by atoms with E-state index in [9.17, 15) is 9.90 Å². The van der Waals surface area contributed by atoms with Gasteiger partial charge >= 0.3 is 5.97 Å². The maximum atomic E-state index is 12.4. The second-order valence-electron chi connectivity index (χ2n) is 6.16. The summed E-state index contributed by atoms with van der Waals surface area (Å²) in [6, 6.07) is 14.4. The van der Waals surface area contributed by atoms with Crippen molar-refractivity contribution in [3.05, 3.63) is 57.5 Å². The molecule has 3 atom stereocenters. The Balaban J connectivity index is 1.67. The van der Waals surface area contributed by atoms with Crippen molar-refractivity contribution in [1.29, 1.82) is 0 Å². The van der Waals surface area contributed by atoms with Gasteiger partial charge in [0, 0.05) is 8.95 Å². The van der Waals surface area contributed by atoms with E-state index in [2.05, 4.69) is 52.6 Å². The number of halogens is 2. The van der Waals surface area contributed by atoms with Crippen molar-refractivity contribution in [1.82, 2.24) is 0 Å². The molecule has 10 heteroatoms. The minimum Gasteiger partial charge on any atom is -0.449 e. The Morgan fingerprint density at radius 1 is 1.07 bits per heavy atom. The van der Waals surface area contributed by atoms with E-state index in [1.165, 1.54) is 0 Å². The number of hydrogen-bond donors (Lipinski definition) is 2. The predicted octanol–water partition coefficient (Wildman–Crippen LogP) is 3.78. The quantitative estimate of drug-likeness (QED) is 0.370. The van der Waals surface area contributed by atoms with E-state index in [0.717, 1.165) is 8.95 Å². The molecule has 0 aromatic heterocycles. The van der Waals surface area contributed by atoms with Gasteiger partial charge in [0.15, 0.2) is 6.10 Å². The number of azo groups is 1. The van der Waals surface area contributed by atoms with Gasteiger partial charge in [-0.2, -0.15) is 10.2 Å². The first-order valence-corrected chi connectivity index (χ1v) is 9.88. The highest BCUT2D eigenvalue weighted by Crippen LogP contribution is 2.39. The second-order valence-corrected chi connectivity index (χ2v) is 7.99. The normalized spacial score (nSPS) is 28.0. The van der Waals surface area contributed by atoms with E-state index in [1.807, 2.05) is 24.3 Å². The average molecular weight is 510 g/mol. The lowest BCUT2D eigenvalue weighted by atomic mass is 10.0. The van der Waals surface area contributed by atoms with Gasteiger partial charge in [-0.1, -0.05) is 31.9 Å². The number of fused-ring (bicyclic) bond motifs is 1. The van der Waals surface area contributed by atoms with Gasteiger partial charge in [0.1, 0.15) is 6.10 Å². The number of rotatable bonds is 4. The van der Waals surface area contributed by atoms with Crippen LogP contribution in [0.2, 0.25) is 0 Å². The van der Waals surface area contributed by atoms with Gasteiger partial charge < -0.3 is 14.6 Å². The first-order valence-electron chi connectivity index (χ1n) is 8.29. The lowest BCUT2D eigenvalue weighted by Crippen LogP contribution is -2.43. The molecule has 2 N–H and O–H groups in total. The minimum absolute atomic E-state index is 0.0470. The Morgan fingerprint density at radius 2 is 1.71 bits per heavy atom. The minimum atomic E-state index is -1.61. The molecule has 0 bridgehead atoms. The van der Waals surface area contributed by atoms with Gasteiger partial charge in [-0.3, -0.25) is 5.43 Å². The van der Waals surface area contributed by atoms with Crippen molar-refractivity contribution in [2.75, 3.05) is 12.0 Å². The molecule has 3 unspecified atom stereocenters. The van der Waals surface area contributed by atoms with Gasteiger partial charge in [-0.15, -0.1) is 5.11 Å². The van der Waals surface area contributed by atoms with E-state index in [0.29, 0.717) is 11.4 Å². The lowest BCUT2D eigenvalue weighted by molar-refractivity contribution is -0.141. The summed E-state index contributed by atoms with van der Waals surface area (Å²) in [6.45, 7) is -0.0470. The maximum absolute atomic E-state index is 12.4. The fourth-order valence-corrected chi connectivity index (χ4v) is 3.39. The van der Waals surface area contributed by atoms with Crippen molar-refractivity contribution in [3.8, 4) is 0 Å². The number of nitrogens with one attached hydrogen (secondary N) is 1. The van der Waals surface area contributed by atoms with Crippen molar-refractivity contribution >= 4 is 54.9 Å². The molecule has 2 saturated heterocycles. The van der Waals surface area contributed by atoms with Crippen LogP contribution >= 0.6 is 31.9 Å². The van der Waals surface area contributed by atoms with Gasteiger partial charge in [0.25, 0.3) is 5.72 Å². The van der Waals surface area contributed by atoms with Crippen LogP contribution in [-0.4, -0.2) is 41.3 Å². The molecule has 0 spiro atoms. The fraction of sp³-hybridized carbons (Fsp3) is 0.222.